The van der Waals surface area contributed by atoms with Crippen molar-refractivity contribution in [3.63, 3.8) is 0 Å². The lowest BCUT2D eigenvalue weighted by molar-refractivity contribution is 0.0712. The predicted octanol–water partition coefficient (Wildman–Crippen LogP) is 2.52. The lowest BCUT2D eigenvalue weighted by Gasteiger charge is -2.38. The van der Waals surface area contributed by atoms with Crippen LogP contribution in [0.1, 0.15) is 43.1 Å². The van der Waals surface area contributed by atoms with E-state index in [4.69, 9.17) is 0 Å². The summed E-state index contributed by atoms with van der Waals surface area (Å²) in [6, 6.07) is 3.46. The molecule has 0 aromatic carbocycles. The first-order valence-electron chi connectivity index (χ1n) is 6.60. The summed E-state index contributed by atoms with van der Waals surface area (Å²) in [4.78, 5) is 16.3. The molecule has 0 saturated heterocycles. The molecule has 0 radical (unpaired) electrons. The monoisotopic (exact) mass is 326 g/mol. The molecule has 1 amide bonds. The molecule has 0 spiro atoms. The van der Waals surface area contributed by atoms with Crippen LogP contribution in [0.4, 0.5) is 0 Å². The Balaban J connectivity index is 2.06. The summed E-state index contributed by atoms with van der Waals surface area (Å²) in [5, 5.41) is 12.6. The van der Waals surface area contributed by atoms with Crippen molar-refractivity contribution in [2.24, 2.45) is 5.92 Å². The van der Waals surface area contributed by atoms with E-state index in [2.05, 4.69) is 33.2 Å². The Bertz CT molecular complexity index is 439. The Morgan fingerprint density at radius 3 is 2.74 bits per heavy atom. The van der Waals surface area contributed by atoms with Crippen molar-refractivity contribution >= 4 is 21.8 Å². The number of aromatic nitrogens is 1. The highest BCUT2D eigenvalue weighted by Crippen LogP contribution is 2.31. The van der Waals surface area contributed by atoms with Gasteiger partial charge in [0.15, 0.2) is 0 Å². The summed E-state index contributed by atoms with van der Waals surface area (Å²) < 4.78 is 0.840. The second-order valence-corrected chi connectivity index (χ2v) is 6.35. The Labute approximate surface area is 121 Å². The first kappa shape index (κ1) is 14.5. The van der Waals surface area contributed by atoms with Crippen LogP contribution in [0.15, 0.2) is 22.8 Å². The van der Waals surface area contributed by atoms with Gasteiger partial charge in [-0.3, -0.25) is 4.79 Å². The molecule has 0 bridgehead atoms. The van der Waals surface area contributed by atoms with Gasteiger partial charge in [-0.25, -0.2) is 4.98 Å². The van der Waals surface area contributed by atoms with Crippen molar-refractivity contribution in [1.82, 2.24) is 10.3 Å². The number of hydrogen-bond acceptors (Lipinski definition) is 3. The topological polar surface area (TPSA) is 62.2 Å². The van der Waals surface area contributed by atoms with E-state index in [1.807, 2.05) is 0 Å². The van der Waals surface area contributed by atoms with E-state index < -0.39 is 5.54 Å². The molecule has 0 aliphatic heterocycles. The molecule has 0 unspecified atom stereocenters. The van der Waals surface area contributed by atoms with Gasteiger partial charge in [-0.2, -0.15) is 0 Å². The summed E-state index contributed by atoms with van der Waals surface area (Å²) in [5.41, 5.74) is -0.0899. The van der Waals surface area contributed by atoms with Crippen LogP contribution >= 0.6 is 15.9 Å². The average molecular weight is 327 g/mol. The van der Waals surface area contributed by atoms with Crippen molar-refractivity contribution in [1.29, 1.82) is 0 Å². The van der Waals surface area contributed by atoms with Gasteiger partial charge in [-0.1, -0.05) is 6.92 Å². The molecular weight excluding hydrogens is 308 g/mol. The smallest absolute Gasteiger partial charge is 0.270 e. The number of pyridine rings is 1. The maximum atomic E-state index is 12.2. The minimum Gasteiger partial charge on any atom is -0.394 e. The third kappa shape index (κ3) is 3.54. The van der Waals surface area contributed by atoms with E-state index in [-0.39, 0.29) is 12.5 Å². The summed E-state index contributed by atoms with van der Waals surface area (Å²) in [6.45, 7) is 2.20. The van der Waals surface area contributed by atoms with Crippen molar-refractivity contribution in [2.45, 2.75) is 38.1 Å². The molecule has 0 atom stereocenters. The van der Waals surface area contributed by atoms with Gasteiger partial charge in [-0.05, 0) is 59.7 Å². The second kappa shape index (κ2) is 6.01. The fourth-order valence-electron chi connectivity index (χ4n) is 2.45. The normalized spacial score (nSPS) is 27.0. The quantitative estimate of drug-likeness (QED) is 0.897. The fourth-order valence-corrected chi connectivity index (χ4v) is 2.69. The number of aliphatic hydroxyl groups excluding tert-OH is 1. The van der Waals surface area contributed by atoms with Crippen LogP contribution in [0.5, 0.6) is 0 Å². The highest BCUT2D eigenvalue weighted by molar-refractivity contribution is 9.10. The predicted molar refractivity (Wildman–Crippen MR) is 76.9 cm³/mol. The molecule has 4 nitrogen and oxygen atoms in total. The zero-order valence-electron chi connectivity index (χ0n) is 11.0. The number of halogens is 1. The number of carbonyl (C=O) groups is 1. The van der Waals surface area contributed by atoms with Crippen molar-refractivity contribution in [2.75, 3.05) is 6.61 Å². The Morgan fingerprint density at radius 2 is 2.21 bits per heavy atom. The largest absolute Gasteiger partial charge is 0.394 e. The number of carbonyl (C=O) groups excluding carboxylic acids is 1. The Hall–Kier alpha value is -0.940. The van der Waals surface area contributed by atoms with Gasteiger partial charge in [0.25, 0.3) is 5.91 Å². The molecule has 19 heavy (non-hydrogen) atoms. The van der Waals surface area contributed by atoms with E-state index in [9.17, 15) is 9.90 Å². The third-order valence-corrected chi connectivity index (χ3v) is 4.34. The number of aliphatic hydroxyl groups is 1. The minimum atomic E-state index is -0.474. The van der Waals surface area contributed by atoms with E-state index in [0.29, 0.717) is 11.6 Å². The summed E-state index contributed by atoms with van der Waals surface area (Å²) in [6.07, 6.45) is 5.33. The molecule has 1 aromatic rings. The highest BCUT2D eigenvalue weighted by Gasteiger charge is 2.35. The van der Waals surface area contributed by atoms with E-state index in [1.165, 1.54) is 0 Å². The maximum absolute atomic E-state index is 12.2. The SMILES string of the molecule is CC1CCC(CO)(NC(=O)c2ccc(Br)cn2)CC1. The molecule has 1 fully saturated rings. The minimum absolute atomic E-state index is 0.0119. The number of amides is 1. The van der Waals surface area contributed by atoms with E-state index >= 15 is 0 Å². The zero-order chi connectivity index (χ0) is 13.9. The number of hydrogen-bond donors (Lipinski definition) is 2. The summed E-state index contributed by atoms with van der Waals surface area (Å²) in [7, 11) is 0. The molecular formula is C14H19BrN2O2. The maximum Gasteiger partial charge on any atom is 0.270 e. The number of nitrogens with zero attached hydrogens (tertiary/aromatic N) is 1. The lowest BCUT2D eigenvalue weighted by Crippen LogP contribution is -2.53. The molecule has 2 N–H and O–H groups in total. The van der Waals surface area contributed by atoms with Gasteiger partial charge in [0.05, 0.1) is 12.1 Å². The number of rotatable bonds is 3. The van der Waals surface area contributed by atoms with Gasteiger partial charge in [0, 0.05) is 10.7 Å². The van der Waals surface area contributed by atoms with Crippen LogP contribution < -0.4 is 5.32 Å². The Morgan fingerprint density at radius 1 is 1.53 bits per heavy atom. The molecule has 1 aromatic heterocycles. The van der Waals surface area contributed by atoms with Crippen molar-refractivity contribution in [3.8, 4) is 0 Å². The first-order chi connectivity index (χ1) is 9.04. The van der Waals surface area contributed by atoms with Gasteiger partial charge in [-0.15, -0.1) is 0 Å². The van der Waals surface area contributed by atoms with E-state index in [0.717, 1.165) is 30.2 Å². The van der Waals surface area contributed by atoms with Crippen LogP contribution in [0.2, 0.25) is 0 Å². The number of nitrogens with one attached hydrogen (secondary N) is 1. The lowest BCUT2D eigenvalue weighted by atomic mass is 9.77. The van der Waals surface area contributed by atoms with Gasteiger partial charge in [0.1, 0.15) is 5.69 Å². The molecule has 1 aliphatic carbocycles. The zero-order valence-corrected chi connectivity index (χ0v) is 12.6. The third-order valence-electron chi connectivity index (χ3n) is 3.87. The van der Waals surface area contributed by atoms with E-state index in [1.54, 1.807) is 18.3 Å². The molecule has 1 aliphatic rings. The molecule has 5 heteroatoms. The van der Waals surface area contributed by atoms with Crippen LogP contribution in [0, 0.1) is 5.92 Å². The molecule has 1 heterocycles. The van der Waals surface area contributed by atoms with Crippen LogP contribution in [-0.4, -0.2) is 28.1 Å². The highest BCUT2D eigenvalue weighted by atomic mass is 79.9. The Kier molecular flexibility index (Phi) is 4.58. The van der Waals surface area contributed by atoms with Crippen molar-refractivity contribution in [3.05, 3.63) is 28.5 Å². The van der Waals surface area contributed by atoms with Crippen molar-refractivity contribution < 1.29 is 9.90 Å². The standard InChI is InChI=1S/C14H19BrN2O2/c1-10-4-6-14(9-18,7-5-10)17-13(19)12-3-2-11(15)8-16-12/h2-3,8,10,18H,4-7,9H2,1H3,(H,17,19). The van der Waals surface area contributed by atoms with Crippen LogP contribution in [0.25, 0.3) is 0 Å². The van der Waals surface area contributed by atoms with Gasteiger partial charge >= 0.3 is 0 Å². The van der Waals surface area contributed by atoms with Crippen LogP contribution in [0.3, 0.4) is 0 Å². The summed E-state index contributed by atoms with van der Waals surface area (Å²) >= 11 is 3.29. The first-order valence-corrected chi connectivity index (χ1v) is 7.39. The van der Waals surface area contributed by atoms with Crippen LogP contribution in [-0.2, 0) is 0 Å². The average Bonchev–Trinajstić information content (AvgIpc) is 2.42. The summed E-state index contributed by atoms with van der Waals surface area (Å²) in [5.74, 6) is 0.457. The second-order valence-electron chi connectivity index (χ2n) is 5.44. The molecule has 104 valence electrons. The van der Waals surface area contributed by atoms with Gasteiger partial charge < -0.3 is 10.4 Å². The molecule has 1 saturated carbocycles. The van der Waals surface area contributed by atoms with Gasteiger partial charge in [0.2, 0.25) is 0 Å². The fraction of sp³-hybridized carbons (Fsp3) is 0.571. The molecule has 2 rings (SSSR count).